The van der Waals surface area contributed by atoms with Crippen LogP contribution in [0.2, 0.25) is 0 Å². The number of sulfonamides is 1. The summed E-state index contributed by atoms with van der Waals surface area (Å²) in [6.07, 6.45) is 3.48. The number of ether oxygens (including phenoxy) is 1. The van der Waals surface area contributed by atoms with E-state index >= 15 is 0 Å². The van der Waals surface area contributed by atoms with Gasteiger partial charge in [-0.25, -0.2) is 13.6 Å². The standard InChI is InChI=1S/C11H24N2O3S/c1-11(2,16-3)7-6-9-4-5-10(8-13-9)17(12,14)15/h9-10,13H,4-8H2,1-3H3,(H2,12,14,15). The summed E-state index contributed by atoms with van der Waals surface area (Å²) in [5, 5.41) is 7.97. The molecule has 1 aliphatic heterocycles. The maximum absolute atomic E-state index is 11.2. The van der Waals surface area contributed by atoms with E-state index in [1.807, 2.05) is 0 Å². The monoisotopic (exact) mass is 264 g/mol. The zero-order valence-corrected chi connectivity index (χ0v) is 11.7. The molecule has 102 valence electrons. The first-order valence-corrected chi connectivity index (χ1v) is 7.66. The molecule has 0 aliphatic carbocycles. The summed E-state index contributed by atoms with van der Waals surface area (Å²) in [7, 11) is -1.67. The third-order valence-corrected chi connectivity index (χ3v) is 4.91. The van der Waals surface area contributed by atoms with Crippen molar-refractivity contribution in [3.63, 3.8) is 0 Å². The molecule has 0 aromatic carbocycles. The lowest BCUT2D eigenvalue weighted by molar-refractivity contribution is 0.0111. The number of piperidine rings is 1. The molecule has 1 fully saturated rings. The highest BCUT2D eigenvalue weighted by Crippen LogP contribution is 2.21. The molecule has 0 spiro atoms. The van der Waals surface area contributed by atoms with E-state index in [1.165, 1.54) is 0 Å². The summed E-state index contributed by atoms with van der Waals surface area (Å²) in [4.78, 5) is 0. The zero-order chi connectivity index (χ0) is 13.1. The van der Waals surface area contributed by atoms with Gasteiger partial charge in [0.05, 0.1) is 10.9 Å². The molecule has 1 aliphatic rings. The maximum Gasteiger partial charge on any atom is 0.213 e. The van der Waals surface area contributed by atoms with Crippen molar-refractivity contribution in [2.45, 2.75) is 56.4 Å². The Morgan fingerprint density at radius 2 is 2.06 bits per heavy atom. The SMILES string of the molecule is COC(C)(C)CCC1CCC(S(N)(=O)=O)CN1. The number of hydrogen-bond acceptors (Lipinski definition) is 4. The van der Waals surface area contributed by atoms with Crippen LogP contribution in [0.1, 0.15) is 39.5 Å². The van der Waals surface area contributed by atoms with Crippen molar-refractivity contribution >= 4 is 10.0 Å². The van der Waals surface area contributed by atoms with Gasteiger partial charge in [0.25, 0.3) is 0 Å². The molecule has 17 heavy (non-hydrogen) atoms. The fourth-order valence-electron chi connectivity index (χ4n) is 2.04. The van der Waals surface area contributed by atoms with Crippen molar-refractivity contribution in [1.29, 1.82) is 0 Å². The van der Waals surface area contributed by atoms with Crippen LogP contribution in [0.3, 0.4) is 0 Å². The van der Waals surface area contributed by atoms with Crippen LogP contribution in [0.5, 0.6) is 0 Å². The summed E-state index contributed by atoms with van der Waals surface area (Å²) < 4.78 is 27.7. The summed E-state index contributed by atoms with van der Waals surface area (Å²) in [5.74, 6) is 0. The number of methoxy groups -OCH3 is 1. The zero-order valence-electron chi connectivity index (χ0n) is 10.9. The molecule has 6 heteroatoms. The van der Waals surface area contributed by atoms with Crippen LogP contribution in [0.4, 0.5) is 0 Å². The minimum atomic E-state index is -3.38. The first kappa shape index (κ1) is 14.9. The Morgan fingerprint density at radius 1 is 1.41 bits per heavy atom. The van der Waals surface area contributed by atoms with Crippen LogP contribution in [0.15, 0.2) is 0 Å². The number of nitrogens with two attached hydrogens (primary N) is 1. The van der Waals surface area contributed by atoms with E-state index in [2.05, 4.69) is 19.2 Å². The third kappa shape index (κ3) is 4.91. The number of rotatable bonds is 5. The second-order valence-corrected chi connectivity index (χ2v) is 7.24. The molecule has 2 unspecified atom stereocenters. The molecule has 0 aromatic heterocycles. The maximum atomic E-state index is 11.2. The lowest BCUT2D eigenvalue weighted by Crippen LogP contribution is -2.47. The van der Waals surface area contributed by atoms with E-state index in [1.54, 1.807) is 7.11 Å². The smallest absolute Gasteiger partial charge is 0.213 e. The van der Waals surface area contributed by atoms with Gasteiger partial charge in [-0.3, -0.25) is 0 Å². The molecule has 0 amide bonds. The molecule has 0 saturated carbocycles. The van der Waals surface area contributed by atoms with Crippen molar-refractivity contribution in [1.82, 2.24) is 5.32 Å². The molecule has 0 bridgehead atoms. The van der Waals surface area contributed by atoms with Crippen LogP contribution >= 0.6 is 0 Å². The van der Waals surface area contributed by atoms with Crippen molar-refractivity contribution in [2.75, 3.05) is 13.7 Å². The Morgan fingerprint density at radius 3 is 2.47 bits per heavy atom. The molecule has 2 atom stereocenters. The average molecular weight is 264 g/mol. The molecule has 1 heterocycles. The van der Waals surface area contributed by atoms with Crippen molar-refractivity contribution in [2.24, 2.45) is 5.14 Å². The van der Waals surface area contributed by atoms with Gasteiger partial charge in [0.1, 0.15) is 0 Å². The van der Waals surface area contributed by atoms with Crippen molar-refractivity contribution in [3.8, 4) is 0 Å². The van der Waals surface area contributed by atoms with Crippen LogP contribution in [-0.2, 0) is 14.8 Å². The fourth-order valence-corrected chi connectivity index (χ4v) is 2.83. The Bertz CT molecular complexity index is 333. The molecular weight excluding hydrogens is 240 g/mol. The highest BCUT2D eigenvalue weighted by molar-refractivity contribution is 7.89. The van der Waals surface area contributed by atoms with Crippen LogP contribution in [0, 0.1) is 0 Å². The van der Waals surface area contributed by atoms with E-state index in [4.69, 9.17) is 9.88 Å². The molecule has 5 nitrogen and oxygen atoms in total. The lowest BCUT2D eigenvalue weighted by atomic mass is 9.94. The van der Waals surface area contributed by atoms with E-state index in [-0.39, 0.29) is 5.60 Å². The van der Waals surface area contributed by atoms with Gasteiger partial charge < -0.3 is 10.1 Å². The second kappa shape index (κ2) is 5.65. The third-order valence-electron chi connectivity index (χ3n) is 3.58. The molecule has 3 N–H and O–H groups in total. The highest BCUT2D eigenvalue weighted by atomic mass is 32.2. The van der Waals surface area contributed by atoms with Gasteiger partial charge >= 0.3 is 0 Å². The predicted octanol–water partition coefficient (Wildman–Crippen LogP) is 0.601. The van der Waals surface area contributed by atoms with Gasteiger partial charge in [-0.05, 0) is 39.5 Å². The van der Waals surface area contributed by atoms with Gasteiger partial charge in [-0.2, -0.15) is 0 Å². The number of nitrogens with one attached hydrogen (secondary N) is 1. The Balaban J connectivity index is 2.33. The lowest BCUT2D eigenvalue weighted by Gasteiger charge is -2.31. The number of primary sulfonamides is 1. The minimum Gasteiger partial charge on any atom is -0.379 e. The van der Waals surface area contributed by atoms with E-state index in [0.29, 0.717) is 19.0 Å². The molecule has 1 saturated heterocycles. The van der Waals surface area contributed by atoms with E-state index in [9.17, 15) is 8.42 Å². The van der Waals surface area contributed by atoms with Gasteiger partial charge in [-0.1, -0.05) is 0 Å². The minimum absolute atomic E-state index is 0.113. The fraction of sp³-hybridized carbons (Fsp3) is 1.00. The first-order valence-electron chi connectivity index (χ1n) is 6.05. The topological polar surface area (TPSA) is 81.4 Å². The van der Waals surface area contributed by atoms with Gasteiger partial charge in [-0.15, -0.1) is 0 Å². The molecular formula is C11H24N2O3S. The average Bonchev–Trinajstić information content (AvgIpc) is 2.26. The summed E-state index contributed by atoms with van der Waals surface area (Å²) >= 11 is 0. The Hall–Kier alpha value is -0.170. The van der Waals surface area contributed by atoms with E-state index < -0.39 is 15.3 Å². The Labute approximate surface area is 104 Å². The van der Waals surface area contributed by atoms with Crippen LogP contribution < -0.4 is 10.5 Å². The van der Waals surface area contributed by atoms with Crippen molar-refractivity contribution < 1.29 is 13.2 Å². The summed E-state index contributed by atoms with van der Waals surface area (Å²) in [6, 6.07) is 0.377. The quantitative estimate of drug-likeness (QED) is 0.762. The van der Waals surface area contributed by atoms with E-state index in [0.717, 1.165) is 19.3 Å². The van der Waals surface area contributed by atoms with Gasteiger partial charge in [0.15, 0.2) is 0 Å². The summed E-state index contributed by atoms with van der Waals surface area (Å²) in [6.45, 7) is 4.59. The normalized spacial score (nSPS) is 27.1. The number of hydrogen-bond donors (Lipinski definition) is 2. The van der Waals surface area contributed by atoms with Gasteiger partial charge in [0, 0.05) is 19.7 Å². The van der Waals surface area contributed by atoms with Crippen LogP contribution in [-0.4, -0.2) is 39.0 Å². The highest BCUT2D eigenvalue weighted by Gasteiger charge is 2.28. The first-order chi connectivity index (χ1) is 7.74. The molecule has 0 aromatic rings. The summed E-state index contributed by atoms with van der Waals surface area (Å²) in [5.41, 5.74) is -0.113. The van der Waals surface area contributed by atoms with Crippen molar-refractivity contribution in [3.05, 3.63) is 0 Å². The van der Waals surface area contributed by atoms with Gasteiger partial charge in [0.2, 0.25) is 10.0 Å². The predicted molar refractivity (Wildman–Crippen MR) is 68.2 cm³/mol. The second-order valence-electron chi connectivity index (χ2n) is 5.40. The largest absolute Gasteiger partial charge is 0.379 e. The van der Waals surface area contributed by atoms with Crippen LogP contribution in [0.25, 0.3) is 0 Å². The molecule has 1 rings (SSSR count). The Kier molecular flexibility index (Phi) is 4.95. The molecule has 0 radical (unpaired) electrons.